The van der Waals surface area contributed by atoms with Crippen molar-refractivity contribution in [3.05, 3.63) is 23.7 Å². The first-order valence-electron chi connectivity index (χ1n) is 6.48. The fourth-order valence-electron chi connectivity index (χ4n) is 1.88. The summed E-state index contributed by atoms with van der Waals surface area (Å²) in [4.78, 5) is 0. The quantitative estimate of drug-likeness (QED) is 0.790. The SMILES string of the molecule is CCNC(CCCS(=O)(=O)CC)c1ccc(C)o1. The van der Waals surface area contributed by atoms with Gasteiger partial charge in [-0.2, -0.15) is 0 Å². The van der Waals surface area contributed by atoms with Crippen molar-refractivity contribution in [2.75, 3.05) is 18.1 Å². The Hall–Kier alpha value is -0.810. The predicted molar refractivity (Wildman–Crippen MR) is 73.4 cm³/mol. The summed E-state index contributed by atoms with van der Waals surface area (Å²) in [6, 6.07) is 4.00. The fourth-order valence-corrected chi connectivity index (χ4v) is 2.78. The summed E-state index contributed by atoms with van der Waals surface area (Å²) in [5.41, 5.74) is 0. The molecule has 1 N–H and O–H groups in total. The van der Waals surface area contributed by atoms with Crippen molar-refractivity contribution in [3.8, 4) is 0 Å². The Morgan fingerprint density at radius 1 is 1.33 bits per heavy atom. The van der Waals surface area contributed by atoms with Gasteiger partial charge in [0.1, 0.15) is 21.4 Å². The van der Waals surface area contributed by atoms with E-state index in [9.17, 15) is 8.42 Å². The molecule has 1 atom stereocenters. The molecule has 0 aromatic carbocycles. The summed E-state index contributed by atoms with van der Waals surface area (Å²) in [5, 5.41) is 3.33. The Morgan fingerprint density at radius 3 is 2.56 bits per heavy atom. The second kappa shape index (κ2) is 6.95. The summed E-state index contributed by atoms with van der Waals surface area (Å²) < 4.78 is 28.5. The number of hydrogen-bond donors (Lipinski definition) is 1. The van der Waals surface area contributed by atoms with Crippen LogP contribution in [0.25, 0.3) is 0 Å². The van der Waals surface area contributed by atoms with Gasteiger partial charge in [0.15, 0.2) is 0 Å². The summed E-state index contributed by atoms with van der Waals surface area (Å²) in [6.45, 7) is 6.47. The Kier molecular flexibility index (Phi) is 5.88. The predicted octanol–water partition coefficient (Wildman–Crippen LogP) is 2.45. The van der Waals surface area contributed by atoms with E-state index in [0.29, 0.717) is 6.42 Å². The van der Waals surface area contributed by atoms with Crippen molar-refractivity contribution >= 4 is 9.84 Å². The molecule has 0 saturated heterocycles. The zero-order valence-electron chi connectivity index (χ0n) is 11.4. The van der Waals surface area contributed by atoms with Crippen LogP contribution in [0.3, 0.4) is 0 Å². The van der Waals surface area contributed by atoms with E-state index in [1.807, 2.05) is 26.0 Å². The molecule has 104 valence electrons. The van der Waals surface area contributed by atoms with Gasteiger partial charge in [0, 0.05) is 5.75 Å². The first kappa shape index (κ1) is 15.2. The molecule has 0 spiro atoms. The van der Waals surface area contributed by atoms with Crippen LogP contribution in [0.5, 0.6) is 0 Å². The number of rotatable bonds is 8. The van der Waals surface area contributed by atoms with Crippen LogP contribution in [0.1, 0.15) is 44.3 Å². The van der Waals surface area contributed by atoms with E-state index in [4.69, 9.17) is 4.42 Å². The van der Waals surface area contributed by atoms with Crippen molar-refractivity contribution < 1.29 is 12.8 Å². The largest absolute Gasteiger partial charge is 0.465 e. The van der Waals surface area contributed by atoms with Gasteiger partial charge in [-0.1, -0.05) is 13.8 Å². The lowest BCUT2D eigenvalue weighted by molar-refractivity contribution is 0.388. The molecule has 0 aliphatic heterocycles. The minimum Gasteiger partial charge on any atom is -0.465 e. The third-order valence-electron chi connectivity index (χ3n) is 2.94. The molecular formula is C13H23NO3S. The second-order valence-corrected chi connectivity index (χ2v) is 6.91. The fraction of sp³-hybridized carbons (Fsp3) is 0.692. The minimum absolute atomic E-state index is 0.107. The zero-order chi connectivity index (χ0) is 13.6. The highest BCUT2D eigenvalue weighted by Gasteiger charge is 2.15. The van der Waals surface area contributed by atoms with Gasteiger partial charge in [0.2, 0.25) is 0 Å². The molecule has 0 amide bonds. The van der Waals surface area contributed by atoms with E-state index in [-0.39, 0.29) is 17.5 Å². The molecule has 0 saturated carbocycles. The monoisotopic (exact) mass is 273 g/mol. The number of aryl methyl sites for hydroxylation is 1. The van der Waals surface area contributed by atoms with Crippen molar-refractivity contribution in [2.24, 2.45) is 0 Å². The van der Waals surface area contributed by atoms with Crippen LogP contribution in [-0.4, -0.2) is 26.5 Å². The van der Waals surface area contributed by atoms with E-state index >= 15 is 0 Å². The van der Waals surface area contributed by atoms with Crippen LogP contribution in [0.4, 0.5) is 0 Å². The van der Waals surface area contributed by atoms with Gasteiger partial charge < -0.3 is 9.73 Å². The lowest BCUT2D eigenvalue weighted by Gasteiger charge is -2.15. The summed E-state index contributed by atoms with van der Waals surface area (Å²) >= 11 is 0. The molecular weight excluding hydrogens is 250 g/mol. The van der Waals surface area contributed by atoms with Crippen molar-refractivity contribution in [2.45, 2.75) is 39.7 Å². The van der Waals surface area contributed by atoms with Gasteiger partial charge in [-0.3, -0.25) is 0 Å². The Balaban J connectivity index is 2.54. The van der Waals surface area contributed by atoms with Gasteiger partial charge in [0.25, 0.3) is 0 Å². The lowest BCUT2D eigenvalue weighted by atomic mass is 10.1. The molecule has 0 fully saturated rings. The van der Waals surface area contributed by atoms with Crippen LogP contribution in [0, 0.1) is 6.92 Å². The van der Waals surface area contributed by atoms with E-state index in [2.05, 4.69) is 5.32 Å². The second-order valence-electron chi connectivity index (χ2n) is 4.44. The lowest BCUT2D eigenvalue weighted by Crippen LogP contribution is -2.21. The topological polar surface area (TPSA) is 59.3 Å². The van der Waals surface area contributed by atoms with Crippen LogP contribution < -0.4 is 5.32 Å². The molecule has 1 rings (SSSR count). The molecule has 0 radical (unpaired) electrons. The van der Waals surface area contributed by atoms with Gasteiger partial charge in [-0.15, -0.1) is 0 Å². The summed E-state index contributed by atoms with van der Waals surface area (Å²) in [5.74, 6) is 2.25. The maximum Gasteiger partial charge on any atom is 0.150 e. The van der Waals surface area contributed by atoms with Crippen molar-refractivity contribution in [3.63, 3.8) is 0 Å². The molecule has 0 aliphatic carbocycles. The molecule has 1 unspecified atom stereocenters. The third kappa shape index (κ3) is 4.82. The van der Waals surface area contributed by atoms with Gasteiger partial charge in [-0.25, -0.2) is 8.42 Å². The van der Waals surface area contributed by atoms with Crippen molar-refractivity contribution in [1.82, 2.24) is 5.32 Å². The molecule has 0 bridgehead atoms. The average molecular weight is 273 g/mol. The van der Waals surface area contributed by atoms with Gasteiger partial charge in [-0.05, 0) is 38.4 Å². The van der Waals surface area contributed by atoms with Crippen LogP contribution in [0.15, 0.2) is 16.5 Å². The smallest absolute Gasteiger partial charge is 0.150 e. The van der Waals surface area contributed by atoms with Gasteiger partial charge in [0.05, 0.1) is 11.8 Å². The number of hydrogen-bond acceptors (Lipinski definition) is 4. The average Bonchev–Trinajstić information content (AvgIpc) is 2.74. The zero-order valence-corrected chi connectivity index (χ0v) is 12.2. The first-order valence-corrected chi connectivity index (χ1v) is 8.30. The molecule has 1 aromatic heterocycles. The van der Waals surface area contributed by atoms with Gasteiger partial charge >= 0.3 is 0 Å². The maximum absolute atomic E-state index is 11.4. The highest BCUT2D eigenvalue weighted by Crippen LogP contribution is 2.21. The molecule has 1 aromatic rings. The standard InChI is InChI=1S/C13H23NO3S/c1-4-14-12(13-9-8-11(3)17-13)7-6-10-18(15,16)5-2/h8-9,12,14H,4-7,10H2,1-3H3. The molecule has 5 heteroatoms. The Bertz CT molecular complexity index is 451. The third-order valence-corrected chi connectivity index (χ3v) is 4.73. The van der Waals surface area contributed by atoms with E-state index < -0.39 is 9.84 Å². The highest BCUT2D eigenvalue weighted by atomic mass is 32.2. The van der Waals surface area contributed by atoms with Crippen LogP contribution >= 0.6 is 0 Å². The maximum atomic E-state index is 11.4. The number of nitrogens with one attached hydrogen (secondary N) is 1. The Morgan fingerprint density at radius 2 is 2.06 bits per heavy atom. The van der Waals surface area contributed by atoms with Crippen LogP contribution in [-0.2, 0) is 9.84 Å². The van der Waals surface area contributed by atoms with E-state index in [0.717, 1.165) is 24.5 Å². The number of sulfone groups is 1. The van der Waals surface area contributed by atoms with E-state index in [1.165, 1.54) is 0 Å². The van der Waals surface area contributed by atoms with Crippen molar-refractivity contribution in [1.29, 1.82) is 0 Å². The first-order chi connectivity index (χ1) is 8.48. The molecule has 18 heavy (non-hydrogen) atoms. The summed E-state index contributed by atoms with van der Waals surface area (Å²) in [7, 11) is -2.87. The number of furan rings is 1. The normalized spacial score (nSPS) is 13.7. The van der Waals surface area contributed by atoms with E-state index in [1.54, 1.807) is 6.92 Å². The minimum atomic E-state index is -2.87. The molecule has 0 aliphatic rings. The Labute approximate surface area is 110 Å². The van der Waals surface area contributed by atoms with Crippen LogP contribution in [0.2, 0.25) is 0 Å². The summed E-state index contributed by atoms with van der Waals surface area (Å²) in [6.07, 6.45) is 1.44. The highest BCUT2D eigenvalue weighted by molar-refractivity contribution is 7.91. The molecule has 1 heterocycles. The molecule has 4 nitrogen and oxygen atoms in total.